The lowest BCUT2D eigenvalue weighted by molar-refractivity contribution is 0.669. The summed E-state index contributed by atoms with van der Waals surface area (Å²) in [5.74, 6) is 0.744. The summed E-state index contributed by atoms with van der Waals surface area (Å²) in [5.41, 5.74) is 11.0. The third kappa shape index (κ3) is 4.07. The fraction of sp³-hybridized carbons (Fsp3) is 0.0370. The average Bonchev–Trinajstić information content (AvgIpc) is 3.83. The molecule has 0 bridgehead atoms. The van der Waals surface area contributed by atoms with Crippen LogP contribution >= 0.6 is 11.3 Å². The number of fused-ring (bicyclic) bond motifs is 8. The van der Waals surface area contributed by atoms with E-state index in [1.54, 1.807) is 0 Å². The first-order valence-corrected chi connectivity index (χ1v) is 20.9. The van der Waals surface area contributed by atoms with Crippen LogP contribution in [0.15, 0.2) is 150 Å². The summed E-state index contributed by atoms with van der Waals surface area (Å²) in [7, 11) is 0. The highest BCUT2D eigenvalue weighted by Crippen LogP contribution is 2.54. The van der Waals surface area contributed by atoms with E-state index < -0.39 is 0 Å². The molecule has 0 fully saturated rings. The number of hydrogen-bond donors (Lipinski definition) is 0. The van der Waals surface area contributed by atoms with E-state index in [9.17, 15) is 0 Å². The summed E-state index contributed by atoms with van der Waals surface area (Å²) < 4.78 is 9.22. The summed E-state index contributed by atoms with van der Waals surface area (Å²) in [6.45, 7) is 0. The van der Waals surface area contributed by atoms with Crippen LogP contribution in [0.25, 0.3) is 142 Å². The first-order valence-electron chi connectivity index (χ1n) is 20.0. The molecule has 4 heteroatoms. The Morgan fingerprint density at radius 2 is 1.17 bits per heavy atom. The van der Waals surface area contributed by atoms with Crippen molar-refractivity contribution < 1.29 is 4.42 Å². The van der Waals surface area contributed by atoms with Crippen molar-refractivity contribution in [1.82, 2.24) is 9.97 Å². The Morgan fingerprint density at radius 1 is 0.448 bits per heavy atom. The third-order valence-corrected chi connectivity index (χ3v) is 13.9. The molecular formula is C54H30N2OS. The molecule has 2 aliphatic rings. The van der Waals surface area contributed by atoms with Crippen LogP contribution in [-0.2, 0) is 0 Å². The molecule has 0 radical (unpaired) electrons. The van der Waals surface area contributed by atoms with Crippen LogP contribution in [0.4, 0.5) is 0 Å². The van der Waals surface area contributed by atoms with Crippen LogP contribution in [0.1, 0.15) is 12.8 Å². The van der Waals surface area contributed by atoms with Crippen molar-refractivity contribution in [3.05, 3.63) is 156 Å². The average molecular weight is 755 g/mol. The van der Waals surface area contributed by atoms with Gasteiger partial charge in [-0.1, -0.05) is 115 Å². The fourth-order valence-electron chi connectivity index (χ4n) is 10.3. The van der Waals surface area contributed by atoms with Gasteiger partial charge in [-0.15, -0.1) is 11.3 Å². The smallest absolute Gasteiger partial charge is 0.160 e. The van der Waals surface area contributed by atoms with Gasteiger partial charge in [0.15, 0.2) is 5.82 Å². The molecule has 268 valence electrons. The maximum atomic E-state index is 6.57. The quantitative estimate of drug-likeness (QED) is 0.169. The lowest BCUT2D eigenvalue weighted by atomic mass is 9.87. The SMILES string of the molecule is C1=c2c(c3cc(-c4ccc5sc6ccc7ccc8oc9cccc%10c9c8c7c6c5c4-%10)ccc3c3ccc(-c4nc(-c5ccccc5)c5ccccc5n4)cc23)=CCC1. The summed E-state index contributed by atoms with van der Waals surface area (Å²) in [5, 5.41) is 16.5. The van der Waals surface area contributed by atoms with Crippen molar-refractivity contribution in [3.63, 3.8) is 0 Å². The molecule has 0 aliphatic heterocycles. The summed E-state index contributed by atoms with van der Waals surface area (Å²) in [6, 6.07) is 53.1. The summed E-state index contributed by atoms with van der Waals surface area (Å²) in [4.78, 5) is 10.4. The monoisotopic (exact) mass is 754 g/mol. The van der Waals surface area contributed by atoms with E-state index >= 15 is 0 Å². The molecular weight excluding hydrogens is 725 g/mol. The molecule has 0 atom stereocenters. The Bertz CT molecular complexity index is 3960. The van der Waals surface area contributed by atoms with E-state index in [0.29, 0.717) is 0 Å². The Kier molecular flexibility index (Phi) is 6.01. The number of para-hydroxylation sites is 1. The molecule has 0 spiro atoms. The van der Waals surface area contributed by atoms with Crippen LogP contribution in [0.2, 0.25) is 0 Å². The number of thiophene rings is 1. The minimum atomic E-state index is 0.744. The highest BCUT2D eigenvalue weighted by atomic mass is 32.1. The van der Waals surface area contributed by atoms with Crippen molar-refractivity contribution in [2.75, 3.05) is 0 Å². The minimum absolute atomic E-state index is 0.744. The van der Waals surface area contributed by atoms with Crippen LogP contribution < -0.4 is 10.4 Å². The number of hydrogen-bond acceptors (Lipinski definition) is 4. The summed E-state index contributed by atoms with van der Waals surface area (Å²) >= 11 is 1.90. The molecule has 2 aliphatic carbocycles. The molecule has 58 heavy (non-hydrogen) atoms. The van der Waals surface area contributed by atoms with Gasteiger partial charge >= 0.3 is 0 Å². The zero-order valence-corrected chi connectivity index (χ0v) is 32.0. The van der Waals surface area contributed by atoms with Gasteiger partial charge in [0.05, 0.1) is 11.2 Å². The van der Waals surface area contributed by atoms with Crippen LogP contribution in [0.3, 0.4) is 0 Å². The van der Waals surface area contributed by atoms with E-state index in [1.165, 1.54) is 96.0 Å². The zero-order valence-electron chi connectivity index (χ0n) is 31.1. The van der Waals surface area contributed by atoms with Gasteiger partial charge in [-0.2, -0.15) is 0 Å². The lowest BCUT2D eigenvalue weighted by Gasteiger charge is -2.16. The van der Waals surface area contributed by atoms with Gasteiger partial charge in [0.2, 0.25) is 0 Å². The van der Waals surface area contributed by atoms with Crippen LogP contribution in [-0.4, -0.2) is 9.97 Å². The molecule has 14 rings (SSSR count). The first kappa shape index (κ1) is 31.0. The zero-order chi connectivity index (χ0) is 37.6. The van der Waals surface area contributed by atoms with Crippen LogP contribution in [0, 0.1) is 0 Å². The van der Waals surface area contributed by atoms with Gasteiger partial charge in [-0.3, -0.25) is 0 Å². The Labute approximate surface area is 335 Å². The minimum Gasteiger partial charge on any atom is -0.456 e. The standard InChI is InChI=1S/C54H30N2OS/c1-2-9-30(10-3-1)53-38-13-6-7-15-42(38)55-54(56-53)32-18-22-37-36-21-17-31(27-40(36)34-11-4-5-12-35(34)41(37)28-32)33-23-26-46-52-48(33)39-14-8-16-43-49(39)50-44(57-43)24-19-29-20-25-45(58-46)51(52)47(29)50/h1-3,6-28H,4-5H2. The van der Waals surface area contributed by atoms with E-state index in [-0.39, 0.29) is 0 Å². The number of rotatable bonds is 3. The van der Waals surface area contributed by atoms with E-state index in [0.717, 1.165) is 57.6 Å². The predicted octanol–water partition coefficient (Wildman–Crippen LogP) is 13.7. The van der Waals surface area contributed by atoms with Crippen molar-refractivity contribution >= 4 is 109 Å². The van der Waals surface area contributed by atoms with Gasteiger partial charge in [0.1, 0.15) is 11.2 Å². The van der Waals surface area contributed by atoms with Gasteiger partial charge in [-0.05, 0) is 115 Å². The van der Waals surface area contributed by atoms with Crippen molar-refractivity contribution in [1.29, 1.82) is 0 Å². The van der Waals surface area contributed by atoms with Crippen molar-refractivity contribution in [2.45, 2.75) is 12.8 Å². The number of nitrogens with zero attached hydrogens (tertiary/aromatic N) is 2. The second kappa shape index (κ2) is 11.3. The third-order valence-electron chi connectivity index (χ3n) is 12.8. The molecule has 3 nitrogen and oxygen atoms in total. The Balaban J connectivity index is 1.02. The molecule has 3 heterocycles. The lowest BCUT2D eigenvalue weighted by Crippen LogP contribution is -2.28. The van der Waals surface area contributed by atoms with Crippen LogP contribution in [0.5, 0.6) is 0 Å². The maximum absolute atomic E-state index is 6.57. The van der Waals surface area contributed by atoms with Gasteiger partial charge < -0.3 is 4.42 Å². The molecule has 9 aromatic carbocycles. The molecule has 0 amide bonds. The van der Waals surface area contributed by atoms with Gasteiger partial charge in [0.25, 0.3) is 0 Å². The first-order chi connectivity index (χ1) is 28.7. The molecule has 0 N–H and O–H groups in total. The number of benzene rings is 9. The van der Waals surface area contributed by atoms with E-state index in [2.05, 4.69) is 158 Å². The Morgan fingerprint density at radius 3 is 2.03 bits per heavy atom. The fourth-order valence-corrected chi connectivity index (χ4v) is 11.4. The highest BCUT2D eigenvalue weighted by molar-refractivity contribution is 7.26. The largest absolute Gasteiger partial charge is 0.456 e. The normalized spacial score (nSPS) is 13.3. The number of furan rings is 1. The summed E-state index contributed by atoms with van der Waals surface area (Å²) in [6.07, 6.45) is 6.94. The van der Waals surface area contributed by atoms with Gasteiger partial charge in [-0.25, -0.2) is 9.97 Å². The number of aromatic nitrogens is 2. The topological polar surface area (TPSA) is 38.9 Å². The molecule has 12 aromatic rings. The second-order valence-corrected chi connectivity index (χ2v) is 16.9. The molecule has 0 unspecified atom stereocenters. The van der Waals surface area contributed by atoms with Crippen molar-refractivity contribution in [2.24, 2.45) is 0 Å². The maximum Gasteiger partial charge on any atom is 0.160 e. The molecule has 3 aromatic heterocycles. The second-order valence-electron chi connectivity index (χ2n) is 15.8. The van der Waals surface area contributed by atoms with E-state index in [1.807, 2.05) is 11.3 Å². The molecule has 0 saturated carbocycles. The van der Waals surface area contributed by atoms with Gasteiger partial charge in [0, 0.05) is 52.8 Å². The molecule has 0 saturated heterocycles. The highest BCUT2D eigenvalue weighted by Gasteiger charge is 2.26. The van der Waals surface area contributed by atoms with E-state index in [4.69, 9.17) is 14.4 Å². The Hall–Kier alpha value is -7.14. The van der Waals surface area contributed by atoms with Crippen molar-refractivity contribution in [3.8, 4) is 44.9 Å². The predicted molar refractivity (Wildman–Crippen MR) is 245 cm³/mol.